The highest BCUT2D eigenvalue weighted by Crippen LogP contribution is 2.23. The number of carbonyl (C=O) groups is 2. The van der Waals surface area contributed by atoms with Crippen LogP contribution in [0.25, 0.3) is 0 Å². The van der Waals surface area contributed by atoms with Gasteiger partial charge in [0.15, 0.2) is 0 Å². The van der Waals surface area contributed by atoms with E-state index in [0.29, 0.717) is 19.5 Å². The van der Waals surface area contributed by atoms with Crippen LogP contribution in [-0.2, 0) is 17.9 Å². The predicted octanol–water partition coefficient (Wildman–Crippen LogP) is 5.14. The number of amides is 3. The zero-order valence-electron chi connectivity index (χ0n) is 15.8. The van der Waals surface area contributed by atoms with Crippen molar-refractivity contribution in [2.75, 3.05) is 10.6 Å². The smallest absolute Gasteiger partial charge is 0.322 e. The standard InChI is InChI=1S/C22H27N3O2/c1-2-3-4-5-10-21(26)23-19-11-13-20(14-12-19)24-22(27)25-15-17-8-6-7-9-18(17)16-25/h6-9,11-14H,2-5,10,15-16H2,1H3,(H,23,26)(H,24,27). The molecular weight excluding hydrogens is 338 g/mol. The number of hydrogen-bond donors (Lipinski definition) is 2. The average molecular weight is 365 g/mol. The molecule has 1 aliphatic rings. The maximum absolute atomic E-state index is 12.5. The third-order valence-electron chi connectivity index (χ3n) is 4.81. The molecule has 2 aromatic carbocycles. The maximum Gasteiger partial charge on any atom is 0.322 e. The lowest BCUT2D eigenvalue weighted by molar-refractivity contribution is -0.116. The van der Waals surface area contributed by atoms with Crippen molar-refractivity contribution in [3.8, 4) is 0 Å². The van der Waals surface area contributed by atoms with Gasteiger partial charge >= 0.3 is 6.03 Å². The van der Waals surface area contributed by atoms with E-state index in [1.54, 1.807) is 4.90 Å². The zero-order valence-corrected chi connectivity index (χ0v) is 15.8. The van der Waals surface area contributed by atoms with E-state index in [9.17, 15) is 9.59 Å². The van der Waals surface area contributed by atoms with Crippen molar-refractivity contribution in [3.05, 3.63) is 59.7 Å². The van der Waals surface area contributed by atoms with Crippen LogP contribution >= 0.6 is 0 Å². The summed E-state index contributed by atoms with van der Waals surface area (Å²) in [6, 6.07) is 15.3. The second-order valence-corrected chi connectivity index (χ2v) is 6.99. The first-order valence-corrected chi connectivity index (χ1v) is 9.68. The number of carbonyl (C=O) groups excluding carboxylic acids is 2. The fourth-order valence-electron chi connectivity index (χ4n) is 3.25. The Hall–Kier alpha value is -2.82. The molecule has 3 amide bonds. The third kappa shape index (κ3) is 5.33. The molecule has 142 valence electrons. The van der Waals surface area contributed by atoms with Crippen molar-refractivity contribution in [1.29, 1.82) is 0 Å². The summed E-state index contributed by atoms with van der Waals surface area (Å²) in [6.07, 6.45) is 4.90. The molecule has 1 aliphatic heterocycles. The Balaban J connectivity index is 1.46. The second-order valence-electron chi connectivity index (χ2n) is 6.99. The van der Waals surface area contributed by atoms with Crippen LogP contribution in [0.2, 0.25) is 0 Å². The van der Waals surface area contributed by atoms with Gasteiger partial charge in [-0.25, -0.2) is 4.79 Å². The number of urea groups is 1. The Morgan fingerprint density at radius 1 is 0.852 bits per heavy atom. The Bertz CT molecular complexity index is 761. The minimum atomic E-state index is -0.112. The minimum Gasteiger partial charge on any atom is -0.326 e. The number of nitrogens with zero attached hydrogens (tertiary/aromatic N) is 1. The van der Waals surface area contributed by atoms with Gasteiger partial charge in [0.05, 0.1) is 0 Å². The van der Waals surface area contributed by atoms with Crippen molar-refractivity contribution in [2.24, 2.45) is 0 Å². The first kappa shape index (κ1) is 19.0. The molecule has 1 heterocycles. The van der Waals surface area contributed by atoms with E-state index in [1.807, 2.05) is 36.4 Å². The molecule has 5 nitrogen and oxygen atoms in total. The molecule has 0 atom stereocenters. The number of rotatable bonds is 7. The lowest BCUT2D eigenvalue weighted by Gasteiger charge is -2.16. The van der Waals surface area contributed by atoms with Gasteiger partial charge in [-0.15, -0.1) is 0 Å². The normalized spacial score (nSPS) is 12.6. The fourth-order valence-corrected chi connectivity index (χ4v) is 3.25. The molecule has 5 heteroatoms. The monoisotopic (exact) mass is 365 g/mol. The van der Waals surface area contributed by atoms with Crippen molar-refractivity contribution in [1.82, 2.24) is 4.90 Å². The molecule has 0 bridgehead atoms. The molecule has 0 fully saturated rings. The van der Waals surface area contributed by atoms with Gasteiger partial charge in [0.2, 0.25) is 5.91 Å². The molecule has 0 radical (unpaired) electrons. The van der Waals surface area contributed by atoms with Gasteiger partial charge in [-0.05, 0) is 41.8 Å². The van der Waals surface area contributed by atoms with Crippen LogP contribution in [0.4, 0.5) is 16.2 Å². The van der Waals surface area contributed by atoms with Crippen LogP contribution in [-0.4, -0.2) is 16.8 Å². The molecule has 0 spiro atoms. The fraction of sp³-hybridized carbons (Fsp3) is 0.364. The topological polar surface area (TPSA) is 61.4 Å². The highest BCUT2D eigenvalue weighted by Gasteiger charge is 2.22. The highest BCUT2D eigenvalue weighted by molar-refractivity contribution is 5.92. The van der Waals surface area contributed by atoms with E-state index in [2.05, 4.69) is 29.7 Å². The van der Waals surface area contributed by atoms with Crippen LogP contribution in [0.5, 0.6) is 0 Å². The Morgan fingerprint density at radius 3 is 2.04 bits per heavy atom. The quantitative estimate of drug-likeness (QED) is 0.667. The molecular formula is C22H27N3O2. The summed E-state index contributed by atoms with van der Waals surface area (Å²) in [6.45, 7) is 3.42. The average Bonchev–Trinajstić information content (AvgIpc) is 3.11. The molecule has 3 rings (SSSR count). The number of benzene rings is 2. The predicted molar refractivity (Wildman–Crippen MR) is 109 cm³/mol. The van der Waals surface area contributed by atoms with E-state index in [4.69, 9.17) is 0 Å². The first-order valence-electron chi connectivity index (χ1n) is 9.68. The SMILES string of the molecule is CCCCCCC(=O)Nc1ccc(NC(=O)N2Cc3ccccc3C2)cc1. The molecule has 2 N–H and O–H groups in total. The van der Waals surface area contributed by atoms with E-state index < -0.39 is 0 Å². The number of hydrogen-bond acceptors (Lipinski definition) is 2. The van der Waals surface area contributed by atoms with Crippen LogP contribution < -0.4 is 10.6 Å². The lowest BCUT2D eigenvalue weighted by Crippen LogP contribution is -2.30. The molecule has 0 aromatic heterocycles. The summed E-state index contributed by atoms with van der Waals surface area (Å²) >= 11 is 0. The lowest BCUT2D eigenvalue weighted by atomic mass is 10.1. The maximum atomic E-state index is 12.5. The van der Waals surface area contributed by atoms with Crippen LogP contribution in [0.15, 0.2) is 48.5 Å². The first-order chi connectivity index (χ1) is 13.2. The molecule has 0 aliphatic carbocycles. The Morgan fingerprint density at radius 2 is 1.44 bits per heavy atom. The largest absolute Gasteiger partial charge is 0.326 e. The van der Waals surface area contributed by atoms with Crippen LogP contribution in [0.3, 0.4) is 0 Å². The van der Waals surface area contributed by atoms with Crippen molar-refractivity contribution >= 4 is 23.3 Å². The van der Waals surface area contributed by atoms with Crippen molar-refractivity contribution < 1.29 is 9.59 Å². The van der Waals surface area contributed by atoms with Crippen LogP contribution in [0.1, 0.15) is 50.2 Å². The summed E-state index contributed by atoms with van der Waals surface area (Å²) in [5, 5.41) is 5.83. The van der Waals surface area contributed by atoms with E-state index in [1.165, 1.54) is 17.5 Å². The number of anilines is 2. The molecule has 0 saturated heterocycles. The third-order valence-corrected chi connectivity index (χ3v) is 4.81. The minimum absolute atomic E-state index is 0.0396. The summed E-state index contributed by atoms with van der Waals surface area (Å²) < 4.78 is 0. The van der Waals surface area contributed by atoms with E-state index in [0.717, 1.165) is 30.6 Å². The van der Waals surface area contributed by atoms with Gasteiger partial charge in [0.25, 0.3) is 0 Å². The van der Waals surface area contributed by atoms with Gasteiger partial charge in [-0.2, -0.15) is 0 Å². The van der Waals surface area contributed by atoms with Gasteiger partial charge in [0.1, 0.15) is 0 Å². The van der Waals surface area contributed by atoms with Crippen LogP contribution in [0, 0.1) is 0 Å². The summed E-state index contributed by atoms with van der Waals surface area (Å²) in [4.78, 5) is 26.2. The summed E-state index contributed by atoms with van der Waals surface area (Å²) in [7, 11) is 0. The number of unbranched alkanes of at least 4 members (excludes halogenated alkanes) is 3. The summed E-state index contributed by atoms with van der Waals surface area (Å²) in [5.74, 6) is 0.0396. The molecule has 0 saturated carbocycles. The van der Waals surface area contributed by atoms with E-state index >= 15 is 0 Å². The Kier molecular flexibility index (Phi) is 6.47. The van der Waals surface area contributed by atoms with Gasteiger partial charge in [-0.1, -0.05) is 50.5 Å². The van der Waals surface area contributed by atoms with Gasteiger partial charge < -0.3 is 15.5 Å². The molecule has 2 aromatic rings. The molecule has 27 heavy (non-hydrogen) atoms. The second kappa shape index (κ2) is 9.21. The summed E-state index contributed by atoms with van der Waals surface area (Å²) in [5.41, 5.74) is 3.87. The highest BCUT2D eigenvalue weighted by atomic mass is 16.2. The number of nitrogens with one attached hydrogen (secondary N) is 2. The van der Waals surface area contributed by atoms with Crippen molar-refractivity contribution in [2.45, 2.75) is 52.1 Å². The van der Waals surface area contributed by atoms with Crippen molar-refractivity contribution in [3.63, 3.8) is 0 Å². The number of fused-ring (bicyclic) bond motifs is 1. The van der Waals surface area contributed by atoms with E-state index in [-0.39, 0.29) is 11.9 Å². The van der Waals surface area contributed by atoms with Gasteiger partial charge in [0, 0.05) is 30.9 Å². The Labute approximate surface area is 160 Å². The zero-order chi connectivity index (χ0) is 19.1. The van der Waals surface area contributed by atoms with Gasteiger partial charge in [-0.3, -0.25) is 4.79 Å². The molecule has 0 unspecified atom stereocenters.